The first kappa shape index (κ1) is 17.1. The van der Waals surface area contributed by atoms with Crippen LogP contribution in [-0.2, 0) is 6.42 Å². The van der Waals surface area contributed by atoms with Crippen LogP contribution >= 0.6 is 23.1 Å². The molecule has 0 atom stereocenters. The molecule has 0 spiro atoms. The maximum atomic E-state index is 12.5. The molecule has 1 aromatic carbocycles. The van der Waals surface area contributed by atoms with E-state index in [-0.39, 0.29) is 5.91 Å². The van der Waals surface area contributed by atoms with Crippen LogP contribution < -0.4 is 14.8 Å². The molecule has 1 amide bonds. The summed E-state index contributed by atoms with van der Waals surface area (Å²) in [4.78, 5) is 17.9. The van der Waals surface area contributed by atoms with Gasteiger partial charge in [-0.25, -0.2) is 4.98 Å². The summed E-state index contributed by atoms with van der Waals surface area (Å²) < 4.78 is 11.2. The minimum Gasteiger partial charge on any atom is -0.486 e. The predicted octanol–water partition coefficient (Wildman–Crippen LogP) is 4.09. The number of benzene rings is 1. The van der Waals surface area contributed by atoms with Gasteiger partial charge >= 0.3 is 0 Å². The van der Waals surface area contributed by atoms with Gasteiger partial charge < -0.3 is 14.8 Å². The van der Waals surface area contributed by atoms with E-state index in [4.69, 9.17) is 9.47 Å². The Morgan fingerprint density at radius 1 is 1.33 bits per heavy atom. The number of aromatic nitrogens is 1. The molecule has 0 saturated heterocycles. The predicted molar refractivity (Wildman–Crippen MR) is 97.8 cm³/mol. The summed E-state index contributed by atoms with van der Waals surface area (Å²) in [7, 11) is 0. The van der Waals surface area contributed by atoms with Crippen molar-refractivity contribution in [3.05, 3.63) is 28.2 Å². The van der Waals surface area contributed by atoms with Crippen molar-refractivity contribution in [3.8, 4) is 11.5 Å². The van der Waals surface area contributed by atoms with Crippen molar-refractivity contribution in [2.75, 3.05) is 24.8 Å². The monoisotopic (exact) mass is 364 g/mol. The summed E-state index contributed by atoms with van der Waals surface area (Å²) in [5, 5.41) is 5.74. The first-order valence-electron chi connectivity index (χ1n) is 7.80. The maximum absolute atomic E-state index is 12.5. The number of hydrogen-bond acceptors (Lipinski definition) is 6. The largest absolute Gasteiger partial charge is 0.486 e. The molecule has 24 heavy (non-hydrogen) atoms. The minimum atomic E-state index is -0.201. The Kier molecular flexibility index (Phi) is 5.30. The van der Waals surface area contributed by atoms with E-state index in [2.05, 4.69) is 24.1 Å². The SMILES string of the molecule is CSc1cc2c(cc1NC(=O)c1csc(CC(C)C)n1)OCCO2. The van der Waals surface area contributed by atoms with Crippen molar-refractivity contribution in [2.45, 2.75) is 25.2 Å². The molecule has 0 fully saturated rings. The molecule has 3 rings (SSSR count). The van der Waals surface area contributed by atoms with Gasteiger partial charge in [0.25, 0.3) is 5.91 Å². The fourth-order valence-corrected chi connectivity index (χ4v) is 3.92. The van der Waals surface area contributed by atoms with Gasteiger partial charge in [0.2, 0.25) is 0 Å². The van der Waals surface area contributed by atoms with Crippen LogP contribution in [0.4, 0.5) is 5.69 Å². The highest BCUT2D eigenvalue weighted by molar-refractivity contribution is 7.98. The molecule has 128 valence electrons. The van der Waals surface area contributed by atoms with E-state index >= 15 is 0 Å². The van der Waals surface area contributed by atoms with Crippen molar-refractivity contribution in [1.29, 1.82) is 0 Å². The highest BCUT2D eigenvalue weighted by Crippen LogP contribution is 2.39. The van der Waals surface area contributed by atoms with E-state index in [9.17, 15) is 4.79 Å². The van der Waals surface area contributed by atoms with Crippen LogP contribution in [0.2, 0.25) is 0 Å². The van der Waals surface area contributed by atoms with Gasteiger partial charge in [-0.3, -0.25) is 4.79 Å². The Labute approximate surface area is 149 Å². The van der Waals surface area contributed by atoms with E-state index in [1.807, 2.05) is 23.8 Å². The van der Waals surface area contributed by atoms with Crippen molar-refractivity contribution >= 4 is 34.7 Å². The van der Waals surface area contributed by atoms with E-state index in [0.29, 0.717) is 30.6 Å². The maximum Gasteiger partial charge on any atom is 0.275 e. The Balaban J connectivity index is 1.79. The lowest BCUT2D eigenvalue weighted by molar-refractivity contribution is 0.102. The summed E-state index contributed by atoms with van der Waals surface area (Å²) in [5.41, 5.74) is 1.17. The standard InChI is InChI=1S/C17H20N2O3S2/c1-10(2)6-16-18-12(9-24-16)17(20)19-11-7-13-14(8-15(11)23-3)22-5-4-21-13/h7-10H,4-6H2,1-3H3,(H,19,20). The van der Waals surface area contributed by atoms with E-state index in [0.717, 1.165) is 27.8 Å². The number of nitrogens with zero attached hydrogens (tertiary/aromatic N) is 1. The van der Waals surface area contributed by atoms with Crippen molar-refractivity contribution in [2.24, 2.45) is 5.92 Å². The fourth-order valence-electron chi connectivity index (χ4n) is 2.38. The number of thiazole rings is 1. The molecule has 0 bridgehead atoms. The van der Waals surface area contributed by atoms with Gasteiger partial charge in [-0.05, 0) is 18.2 Å². The highest BCUT2D eigenvalue weighted by atomic mass is 32.2. The first-order valence-corrected chi connectivity index (χ1v) is 9.90. The molecule has 2 aromatic rings. The van der Waals surface area contributed by atoms with E-state index in [1.54, 1.807) is 11.8 Å². The Bertz CT molecular complexity index is 743. The second-order valence-electron chi connectivity index (χ2n) is 5.87. The van der Waals surface area contributed by atoms with Gasteiger partial charge in [0, 0.05) is 22.8 Å². The van der Waals surface area contributed by atoms with Crippen molar-refractivity contribution < 1.29 is 14.3 Å². The summed E-state index contributed by atoms with van der Waals surface area (Å²) in [6.07, 6.45) is 2.85. The normalized spacial score (nSPS) is 13.2. The third-order valence-electron chi connectivity index (χ3n) is 3.48. The number of anilines is 1. The Hall–Kier alpha value is -1.73. The second-order valence-corrected chi connectivity index (χ2v) is 7.67. The van der Waals surface area contributed by atoms with Crippen molar-refractivity contribution in [1.82, 2.24) is 4.98 Å². The Morgan fingerprint density at radius 2 is 2.04 bits per heavy atom. The van der Waals surface area contributed by atoms with Crippen LogP contribution in [0.25, 0.3) is 0 Å². The first-order chi connectivity index (χ1) is 11.6. The quantitative estimate of drug-likeness (QED) is 0.810. The number of carbonyl (C=O) groups excluding carboxylic acids is 1. The van der Waals surface area contributed by atoms with Gasteiger partial charge in [-0.1, -0.05) is 13.8 Å². The number of nitrogens with one attached hydrogen (secondary N) is 1. The van der Waals surface area contributed by atoms with Crippen LogP contribution in [-0.4, -0.2) is 30.4 Å². The van der Waals surface area contributed by atoms with Gasteiger partial charge in [0.05, 0.1) is 10.7 Å². The summed E-state index contributed by atoms with van der Waals surface area (Å²) >= 11 is 3.08. The van der Waals surface area contributed by atoms with Gasteiger partial charge in [-0.2, -0.15) is 0 Å². The summed E-state index contributed by atoms with van der Waals surface area (Å²) in [6, 6.07) is 3.72. The van der Waals surface area contributed by atoms with Crippen molar-refractivity contribution in [3.63, 3.8) is 0 Å². The number of hydrogen-bond donors (Lipinski definition) is 1. The molecule has 0 unspecified atom stereocenters. The van der Waals surface area contributed by atoms with Crippen LogP contribution in [0.1, 0.15) is 29.3 Å². The Morgan fingerprint density at radius 3 is 2.71 bits per heavy atom. The zero-order valence-corrected chi connectivity index (χ0v) is 15.6. The molecule has 1 aromatic heterocycles. The minimum absolute atomic E-state index is 0.201. The number of rotatable bonds is 5. The van der Waals surface area contributed by atoms with E-state index < -0.39 is 0 Å². The molecular weight excluding hydrogens is 344 g/mol. The smallest absolute Gasteiger partial charge is 0.275 e. The molecule has 2 heterocycles. The van der Waals surface area contributed by atoms with Crippen LogP contribution in [0.5, 0.6) is 11.5 Å². The van der Waals surface area contributed by atoms with Gasteiger partial charge in [-0.15, -0.1) is 23.1 Å². The van der Waals surface area contributed by atoms with Gasteiger partial charge in [0.1, 0.15) is 18.9 Å². The molecule has 1 N–H and O–H groups in total. The van der Waals surface area contributed by atoms with Crippen LogP contribution in [0.3, 0.4) is 0 Å². The molecule has 0 radical (unpaired) electrons. The van der Waals surface area contributed by atoms with Crippen LogP contribution in [0.15, 0.2) is 22.4 Å². The number of carbonyl (C=O) groups is 1. The number of amides is 1. The fraction of sp³-hybridized carbons (Fsp3) is 0.412. The molecule has 0 aliphatic carbocycles. The molecule has 7 heteroatoms. The average Bonchev–Trinajstić information content (AvgIpc) is 3.02. The zero-order valence-electron chi connectivity index (χ0n) is 13.9. The number of ether oxygens (including phenoxy) is 2. The molecule has 1 aliphatic heterocycles. The molecule has 0 saturated carbocycles. The second kappa shape index (κ2) is 7.44. The molecule has 1 aliphatic rings. The topological polar surface area (TPSA) is 60.5 Å². The lowest BCUT2D eigenvalue weighted by Crippen LogP contribution is -2.17. The number of thioether (sulfide) groups is 1. The lowest BCUT2D eigenvalue weighted by atomic mass is 10.1. The highest BCUT2D eigenvalue weighted by Gasteiger charge is 2.18. The lowest BCUT2D eigenvalue weighted by Gasteiger charge is -2.20. The average molecular weight is 364 g/mol. The van der Waals surface area contributed by atoms with Gasteiger partial charge in [0.15, 0.2) is 11.5 Å². The summed E-state index contributed by atoms with van der Waals surface area (Å²) in [5.74, 6) is 1.70. The zero-order chi connectivity index (χ0) is 17.1. The third kappa shape index (κ3) is 3.84. The number of fused-ring (bicyclic) bond motifs is 1. The summed E-state index contributed by atoms with van der Waals surface area (Å²) in [6.45, 7) is 5.34. The third-order valence-corrected chi connectivity index (χ3v) is 5.13. The van der Waals surface area contributed by atoms with E-state index in [1.165, 1.54) is 11.3 Å². The van der Waals surface area contributed by atoms with Crippen LogP contribution in [0, 0.1) is 5.92 Å². The molecular formula is C17H20N2O3S2. The molecule has 5 nitrogen and oxygen atoms in total.